The first-order chi connectivity index (χ1) is 15.4. The Bertz CT molecular complexity index is 1160. The molecule has 3 aromatic carbocycles. The minimum atomic E-state index is -4.63. The van der Waals surface area contributed by atoms with Gasteiger partial charge < -0.3 is 14.6 Å². The van der Waals surface area contributed by atoms with Crippen molar-refractivity contribution < 1.29 is 27.3 Å². The van der Waals surface area contributed by atoms with Gasteiger partial charge in [0.1, 0.15) is 11.5 Å². The van der Waals surface area contributed by atoms with Crippen molar-refractivity contribution in [1.29, 1.82) is 0 Å². The van der Waals surface area contributed by atoms with Crippen molar-refractivity contribution >= 4 is 23.0 Å². The van der Waals surface area contributed by atoms with E-state index in [-0.39, 0.29) is 16.7 Å². The highest BCUT2D eigenvalue weighted by molar-refractivity contribution is 7.89. The molecule has 0 radical (unpaired) electrons. The average Bonchev–Trinajstić information content (AvgIpc) is 2.73. The zero-order valence-corrected chi connectivity index (χ0v) is 19.0. The third-order valence-electron chi connectivity index (χ3n) is 4.83. The first-order valence-corrected chi connectivity index (χ1v) is 11.1. The number of carbonyl (C=O) groups is 1. The maximum atomic E-state index is 13.5. The van der Waals surface area contributed by atoms with Crippen molar-refractivity contribution in [2.45, 2.75) is 37.3 Å². The van der Waals surface area contributed by atoms with Crippen LogP contribution >= 0.6 is 0 Å². The minimum absolute atomic E-state index is 0.0184. The van der Waals surface area contributed by atoms with Gasteiger partial charge in [0.15, 0.2) is 4.90 Å². The molecule has 0 spiro atoms. The largest absolute Gasteiger partial charge is 0.593 e. The molecule has 1 amide bonds. The monoisotopic (exact) mass is 476 g/mol. The van der Waals surface area contributed by atoms with E-state index in [2.05, 4.69) is 5.32 Å². The van der Waals surface area contributed by atoms with Crippen molar-refractivity contribution in [3.63, 3.8) is 0 Å². The number of benzene rings is 3. The van der Waals surface area contributed by atoms with Gasteiger partial charge in [-0.25, -0.2) is 0 Å². The van der Waals surface area contributed by atoms with Gasteiger partial charge in [-0.2, -0.15) is 13.2 Å². The molecule has 1 unspecified atom stereocenters. The highest BCUT2D eigenvalue weighted by atomic mass is 32.2. The molecule has 3 N–H and O–H groups in total. The third-order valence-corrected chi connectivity index (χ3v) is 5.55. The Hall–Kier alpha value is -3.01. The van der Waals surface area contributed by atoms with Crippen LogP contribution in [0.4, 0.5) is 18.9 Å². The van der Waals surface area contributed by atoms with Gasteiger partial charge in [-0.3, -0.25) is 4.79 Å². The molecule has 1 atom stereocenters. The summed E-state index contributed by atoms with van der Waals surface area (Å²) in [6.45, 7) is 5.82. The van der Waals surface area contributed by atoms with Gasteiger partial charge >= 0.3 is 6.18 Å². The second kappa shape index (κ2) is 9.46. The van der Waals surface area contributed by atoms with E-state index in [4.69, 9.17) is 9.88 Å². The number of alkyl halides is 3. The molecule has 5 nitrogen and oxygen atoms in total. The standard InChI is InChI=1S/C24H23F3N2O3S/c1-23(2,3)15-11-12-18(22(30)29-16-7-6-8-17(14-16)33(28)31)21(13-15)32-20-10-5-4-9-19(20)24(25,26)27/h4-14H,28H2,1-3H3,(H,29,30). The van der Waals surface area contributed by atoms with E-state index >= 15 is 0 Å². The number of hydrogen-bond donors (Lipinski definition) is 2. The average molecular weight is 477 g/mol. The molecule has 0 aliphatic rings. The molecule has 0 saturated heterocycles. The van der Waals surface area contributed by atoms with Crippen molar-refractivity contribution in [3.8, 4) is 11.5 Å². The molecule has 0 saturated carbocycles. The Morgan fingerprint density at radius 3 is 2.30 bits per heavy atom. The molecular weight excluding hydrogens is 453 g/mol. The number of halogens is 3. The summed E-state index contributed by atoms with van der Waals surface area (Å²) in [6.07, 6.45) is -4.63. The molecule has 0 bridgehead atoms. The van der Waals surface area contributed by atoms with E-state index in [0.717, 1.165) is 11.6 Å². The van der Waals surface area contributed by atoms with Crippen molar-refractivity contribution in [3.05, 3.63) is 83.4 Å². The Kier molecular flexibility index (Phi) is 7.06. The summed E-state index contributed by atoms with van der Waals surface area (Å²) in [6, 6.07) is 15.8. The molecular formula is C24H23F3N2O3S. The lowest BCUT2D eigenvalue weighted by Gasteiger charge is -2.22. The van der Waals surface area contributed by atoms with Gasteiger partial charge in [0.25, 0.3) is 5.91 Å². The van der Waals surface area contributed by atoms with E-state index in [9.17, 15) is 22.5 Å². The van der Waals surface area contributed by atoms with Gasteiger partial charge in [-0.05, 0) is 47.4 Å². The lowest BCUT2D eigenvalue weighted by atomic mass is 9.86. The lowest BCUT2D eigenvalue weighted by Crippen LogP contribution is -2.17. The maximum Gasteiger partial charge on any atom is 0.419 e. The van der Waals surface area contributed by atoms with Crippen LogP contribution in [0.3, 0.4) is 0 Å². The Morgan fingerprint density at radius 2 is 1.67 bits per heavy atom. The molecule has 174 valence electrons. The summed E-state index contributed by atoms with van der Waals surface area (Å²) in [4.78, 5) is 13.3. The quantitative estimate of drug-likeness (QED) is 0.440. The van der Waals surface area contributed by atoms with Gasteiger partial charge in [0.05, 0.1) is 22.5 Å². The number of rotatable bonds is 5. The third kappa shape index (κ3) is 6.07. The number of carbonyl (C=O) groups excluding carboxylic acids is 1. The van der Waals surface area contributed by atoms with Crippen LogP contribution in [0.1, 0.15) is 42.3 Å². The number of amides is 1. The Morgan fingerprint density at radius 1 is 0.970 bits per heavy atom. The van der Waals surface area contributed by atoms with Crippen LogP contribution in [0.5, 0.6) is 11.5 Å². The fourth-order valence-corrected chi connectivity index (χ4v) is 3.52. The number of nitrogens with one attached hydrogen (secondary N) is 1. The van der Waals surface area contributed by atoms with E-state index in [1.54, 1.807) is 30.3 Å². The molecule has 3 rings (SSSR count). The lowest BCUT2D eigenvalue weighted by molar-refractivity contribution is -0.138. The second-order valence-corrected chi connectivity index (χ2v) is 9.40. The van der Waals surface area contributed by atoms with Crippen LogP contribution in [0.15, 0.2) is 71.6 Å². The highest BCUT2D eigenvalue weighted by Gasteiger charge is 2.34. The summed E-state index contributed by atoms with van der Waals surface area (Å²) in [5.41, 5.74) is -0.136. The van der Waals surface area contributed by atoms with E-state index in [1.165, 1.54) is 30.3 Å². The first-order valence-electron chi connectivity index (χ1n) is 9.92. The van der Waals surface area contributed by atoms with Gasteiger partial charge in [-0.15, -0.1) is 5.14 Å². The molecule has 0 fully saturated rings. The van der Waals surface area contributed by atoms with E-state index in [1.807, 2.05) is 20.8 Å². The zero-order valence-electron chi connectivity index (χ0n) is 18.2. The number of ether oxygens (including phenoxy) is 1. The van der Waals surface area contributed by atoms with Crippen LogP contribution in [0, 0.1) is 0 Å². The SMILES string of the molecule is CC(C)(C)c1ccc(C(=O)Nc2cccc([S+](N)[O-])c2)c(Oc2ccccc2C(F)(F)F)c1. The fourth-order valence-electron chi connectivity index (χ4n) is 3.07. The highest BCUT2D eigenvalue weighted by Crippen LogP contribution is 2.39. The zero-order chi connectivity index (χ0) is 24.4. The van der Waals surface area contributed by atoms with Crippen molar-refractivity contribution in [1.82, 2.24) is 0 Å². The van der Waals surface area contributed by atoms with Gasteiger partial charge in [0, 0.05) is 11.8 Å². The van der Waals surface area contributed by atoms with Crippen LogP contribution in [0.25, 0.3) is 0 Å². The predicted octanol–water partition coefficient (Wildman–Crippen LogP) is 6.03. The summed E-state index contributed by atoms with van der Waals surface area (Å²) >= 11 is -1.74. The molecule has 0 aliphatic carbocycles. The molecule has 0 aromatic heterocycles. The summed E-state index contributed by atoms with van der Waals surface area (Å²) in [5.74, 6) is -1.03. The number of para-hydroxylation sites is 1. The minimum Gasteiger partial charge on any atom is -0.593 e. The molecule has 33 heavy (non-hydrogen) atoms. The van der Waals surface area contributed by atoms with Crippen molar-refractivity contribution in [2.75, 3.05) is 5.32 Å². The number of anilines is 1. The Labute approximate surface area is 193 Å². The molecule has 0 heterocycles. The van der Waals surface area contributed by atoms with Crippen LogP contribution < -0.4 is 15.2 Å². The topological polar surface area (TPSA) is 87.4 Å². The molecule has 9 heteroatoms. The second-order valence-electron chi connectivity index (χ2n) is 8.34. The van der Waals surface area contributed by atoms with E-state index in [0.29, 0.717) is 10.6 Å². The smallest absolute Gasteiger partial charge is 0.419 e. The molecule has 0 aliphatic heterocycles. The summed E-state index contributed by atoms with van der Waals surface area (Å²) in [5, 5.41) is 8.04. The van der Waals surface area contributed by atoms with Gasteiger partial charge in [0.2, 0.25) is 0 Å². The van der Waals surface area contributed by atoms with Crippen LogP contribution in [-0.4, -0.2) is 10.5 Å². The van der Waals surface area contributed by atoms with Crippen molar-refractivity contribution in [2.24, 2.45) is 5.14 Å². The fraction of sp³-hybridized carbons (Fsp3) is 0.208. The van der Waals surface area contributed by atoms with Crippen LogP contribution in [0.2, 0.25) is 0 Å². The first kappa shape index (κ1) is 24.6. The molecule has 3 aromatic rings. The van der Waals surface area contributed by atoms with Gasteiger partial charge in [-0.1, -0.05) is 45.0 Å². The predicted molar refractivity (Wildman–Crippen MR) is 122 cm³/mol. The number of hydrogen-bond acceptors (Lipinski definition) is 4. The Balaban J connectivity index is 2.03. The maximum absolute atomic E-state index is 13.5. The van der Waals surface area contributed by atoms with Crippen LogP contribution in [-0.2, 0) is 23.0 Å². The summed E-state index contributed by atoms with van der Waals surface area (Å²) in [7, 11) is 0. The number of nitrogens with two attached hydrogens (primary N) is 1. The summed E-state index contributed by atoms with van der Waals surface area (Å²) < 4.78 is 57.6. The normalized spacial score (nSPS) is 12.8. The van der Waals surface area contributed by atoms with E-state index < -0.39 is 34.8 Å².